The number of hydrogen-bond donors (Lipinski definition) is 1. The molecule has 1 saturated carbocycles. The number of aromatic nitrogens is 1. The zero-order valence-electron chi connectivity index (χ0n) is 11.4. The van der Waals surface area contributed by atoms with Crippen molar-refractivity contribution in [1.29, 1.82) is 0 Å². The molecular formula is C14H18N2O4. The first-order valence-corrected chi connectivity index (χ1v) is 7.06. The fourth-order valence-electron chi connectivity index (χ4n) is 2.69. The first-order valence-electron chi connectivity index (χ1n) is 7.06. The molecule has 2 fully saturated rings. The number of carbonyl (C=O) groups is 2. The molecule has 0 bridgehead atoms. The summed E-state index contributed by atoms with van der Waals surface area (Å²) in [5.41, 5.74) is 0.296. The number of likely N-dealkylation sites (tertiary alicyclic amines) is 1. The average Bonchev–Trinajstić information content (AvgIpc) is 3.16. The maximum absolute atomic E-state index is 12.4. The van der Waals surface area contributed by atoms with Gasteiger partial charge >= 0.3 is 5.97 Å². The number of amides is 1. The minimum absolute atomic E-state index is 0.0409. The van der Waals surface area contributed by atoms with E-state index in [2.05, 4.69) is 5.16 Å². The molecule has 20 heavy (non-hydrogen) atoms. The van der Waals surface area contributed by atoms with Gasteiger partial charge in [0.25, 0.3) is 5.91 Å². The largest absolute Gasteiger partial charge is 0.481 e. The van der Waals surface area contributed by atoms with E-state index in [1.165, 1.54) is 0 Å². The van der Waals surface area contributed by atoms with Gasteiger partial charge < -0.3 is 14.5 Å². The van der Waals surface area contributed by atoms with Gasteiger partial charge in [0.2, 0.25) is 0 Å². The van der Waals surface area contributed by atoms with Crippen molar-refractivity contribution < 1.29 is 19.2 Å². The zero-order valence-corrected chi connectivity index (χ0v) is 11.4. The Kier molecular flexibility index (Phi) is 3.23. The van der Waals surface area contributed by atoms with Gasteiger partial charge in [-0.2, -0.15) is 0 Å². The quantitative estimate of drug-likeness (QED) is 0.912. The Bertz CT molecular complexity index is 535. The van der Waals surface area contributed by atoms with Crippen LogP contribution in [0.5, 0.6) is 0 Å². The van der Waals surface area contributed by atoms with Gasteiger partial charge in [0.1, 0.15) is 5.76 Å². The Balaban J connectivity index is 1.74. The molecule has 1 saturated heterocycles. The fourth-order valence-corrected chi connectivity index (χ4v) is 2.69. The van der Waals surface area contributed by atoms with Gasteiger partial charge in [0.05, 0.1) is 5.92 Å². The van der Waals surface area contributed by atoms with Crippen molar-refractivity contribution in [3.8, 4) is 0 Å². The Hall–Kier alpha value is -1.85. The van der Waals surface area contributed by atoms with E-state index in [1.807, 2.05) is 6.92 Å². The molecule has 0 radical (unpaired) electrons. The summed E-state index contributed by atoms with van der Waals surface area (Å²) >= 11 is 0. The highest BCUT2D eigenvalue weighted by molar-refractivity contribution is 5.93. The second-order valence-electron chi connectivity index (χ2n) is 5.81. The molecule has 1 aliphatic carbocycles. The standard InChI is InChI=1S/C14H18N2O4/c1-8-2-3-10(14(18)19)7-16(8)13(17)11-6-12(20-15-11)9-4-5-9/h6,8-10H,2-5,7H2,1H3,(H,18,19). The van der Waals surface area contributed by atoms with Crippen LogP contribution in [0, 0.1) is 5.92 Å². The summed E-state index contributed by atoms with van der Waals surface area (Å²) < 4.78 is 5.20. The van der Waals surface area contributed by atoms with Crippen molar-refractivity contribution in [2.75, 3.05) is 6.54 Å². The number of carboxylic acid groups (broad SMARTS) is 1. The topological polar surface area (TPSA) is 83.6 Å². The van der Waals surface area contributed by atoms with Gasteiger partial charge in [-0.1, -0.05) is 5.16 Å². The molecule has 2 atom stereocenters. The van der Waals surface area contributed by atoms with Crippen LogP contribution >= 0.6 is 0 Å². The molecule has 2 heterocycles. The van der Waals surface area contributed by atoms with Crippen LogP contribution in [0.2, 0.25) is 0 Å². The second kappa shape index (κ2) is 4.92. The number of hydrogen-bond acceptors (Lipinski definition) is 4. The third-order valence-corrected chi connectivity index (χ3v) is 4.22. The van der Waals surface area contributed by atoms with Crippen LogP contribution in [0.1, 0.15) is 54.8 Å². The smallest absolute Gasteiger partial charge is 0.308 e. The number of piperidine rings is 1. The lowest BCUT2D eigenvalue weighted by Gasteiger charge is -2.35. The van der Waals surface area contributed by atoms with Crippen LogP contribution < -0.4 is 0 Å². The number of nitrogens with zero attached hydrogens (tertiary/aromatic N) is 2. The predicted octanol–water partition coefficient (Wildman–Crippen LogP) is 1.88. The van der Waals surface area contributed by atoms with Gasteiger partial charge in [-0.05, 0) is 32.6 Å². The number of carbonyl (C=O) groups excluding carboxylic acids is 1. The molecule has 2 aliphatic rings. The molecule has 108 valence electrons. The van der Waals surface area contributed by atoms with Crippen molar-refractivity contribution in [2.24, 2.45) is 5.92 Å². The fraction of sp³-hybridized carbons (Fsp3) is 0.643. The molecular weight excluding hydrogens is 260 g/mol. The van der Waals surface area contributed by atoms with Crippen molar-refractivity contribution in [3.05, 3.63) is 17.5 Å². The maximum Gasteiger partial charge on any atom is 0.308 e. The third-order valence-electron chi connectivity index (χ3n) is 4.22. The predicted molar refractivity (Wildman–Crippen MR) is 69.3 cm³/mol. The van der Waals surface area contributed by atoms with E-state index in [0.29, 0.717) is 24.5 Å². The van der Waals surface area contributed by atoms with Gasteiger partial charge in [-0.25, -0.2) is 0 Å². The molecule has 3 rings (SSSR count). The zero-order chi connectivity index (χ0) is 14.3. The third kappa shape index (κ3) is 2.42. The molecule has 1 aromatic heterocycles. The molecule has 6 nitrogen and oxygen atoms in total. The number of rotatable bonds is 3. The van der Waals surface area contributed by atoms with Crippen LogP contribution in [-0.4, -0.2) is 39.6 Å². The van der Waals surface area contributed by atoms with E-state index in [0.717, 1.165) is 18.6 Å². The minimum Gasteiger partial charge on any atom is -0.481 e. The SMILES string of the molecule is CC1CCC(C(=O)O)CN1C(=O)c1cc(C2CC2)on1. The second-order valence-corrected chi connectivity index (χ2v) is 5.81. The van der Waals surface area contributed by atoms with E-state index >= 15 is 0 Å². The summed E-state index contributed by atoms with van der Waals surface area (Å²) in [6.07, 6.45) is 3.50. The Morgan fingerprint density at radius 1 is 1.35 bits per heavy atom. The van der Waals surface area contributed by atoms with Crippen LogP contribution in [0.4, 0.5) is 0 Å². The van der Waals surface area contributed by atoms with Crippen LogP contribution in [-0.2, 0) is 4.79 Å². The highest BCUT2D eigenvalue weighted by atomic mass is 16.5. The molecule has 1 amide bonds. The Labute approximate surface area is 116 Å². The summed E-state index contributed by atoms with van der Waals surface area (Å²) in [5.74, 6) is -0.361. The van der Waals surface area contributed by atoms with Gasteiger partial charge in [-0.15, -0.1) is 0 Å². The summed E-state index contributed by atoms with van der Waals surface area (Å²) in [4.78, 5) is 25.1. The van der Waals surface area contributed by atoms with Gasteiger partial charge in [0.15, 0.2) is 5.69 Å². The maximum atomic E-state index is 12.4. The molecule has 1 aliphatic heterocycles. The molecule has 1 aromatic rings. The minimum atomic E-state index is -0.839. The first-order chi connectivity index (χ1) is 9.56. The highest BCUT2D eigenvalue weighted by Crippen LogP contribution is 2.40. The van der Waals surface area contributed by atoms with E-state index < -0.39 is 11.9 Å². The van der Waals surface area contributed by atoms with E-state index in [1.54, 1.807) is 11.0 Å². The summed E-state index contributed by atoms with van der Waals surface area (Å²) in [7, 11) is 0. The van der Waals surface area contributed by atoms with E-state index in [4.69, 9.17) is 9.63 Å². The van der Waals surface area contributed by atoms with Crippen LogP contribution in [0.3, 0.4) is 0 Å². The van der Waals surface area contributed by atoms with Crippen molar-refractivity contribution >= 4 is 11.9 Å². The molecule has 1 N–H and O–H groups in total. The highest BCUT2D eigenvalue weighted by Gasteiger charge is 2.35. The van der Waals surface area contributed by atoms with Crippen molar-refractivity contribution in [2.45, 2.75) is 44.6 Å². The number of carboxylic acids is 1. The summed E-state index contributed by atoms with van der Waals surface area (Å²) in [6, 6.07) is 1.75. The lowest BCUT2D eigenvalue weighted by Crippen LogP contribution is -2.47. The van der Waals surface area contributed by atoms with Crippen molar-refractivity contribution in [3.63, 3.8) is 0 Å². The first kappa shape index (κ1) is 13.1. The normalized spacial score (nSPS) is 26.6. The average molecular weight is 278 g/mol. The molecule has 6 heteroatoms. The van der Waals surface area contributed by atoms with Gasteiger partial charge in [-0.3, -0.25) is 9.59 Å². The van der Waals surface area contributed by atoms with Gasteiger partial charge in [0, 0.05) is 24.6 Å². The monoisotopic (exact) mass is 278 g/mol. The lowest BCUT2D eigenvalue weighted by molar-refractivity contribution is -0.143. The van der Waals surface area contributed by atoms with Crippen LogP contribution in [0.15, 0.2) is 10.6 Å². The van der Waals surface area contributed by atoms with E-state index in [-0.39, 0.29) is 18.5 Å². The number of aliphatic carboxylic acids is 1. The summed E-state index contributed by atoms with van der Waals surface area (Å²) in [6.45, 7) is 2.19. The Morgan fingerprint density at radius 3 is 2.75 bits per heavy atom. The molecule has 0 aromatic carbocycles. The summed E-state index contributed by atoms with van der Waals surface area (Å²) in [5, 5.41) is 13.0. The van der Waals surface area contributed by atoms with Crippen LogP contribution in [0.25, 0.3) is 0 Å². The van der Waals surface area contributed by atoms with E-state index in [9.17, 15) is 9.59 Å². The molecule has 2 unspecified atom stereocenters. The molecule has 0 spiro atoms. The lowest BCUT2D eigenvalue weighted by atomic mass is 9.93. The van der Waals surface area contributed by atoms with Crippen molar-refractivity contribution in [1.82, 2.24) is 10.1 Å². The Morgan fingerprint density at radius 2 is 2.10 bits per heavy atom.